The third kappa shape index (κ3) is 10.6. The number of methoxy groups -OCH3 is 2. The predicted octanol–water partition coefficient (Wildman–Crippen LogP) is 3.91. The molecule has 146 valence electrons. The molecule has 26 heavy (non-hydrogen) atoms. The fraction of sp³-hybridized carbons (Fsp3) is 0.600. The lowest BCUT2D eigenvalue weighted by molar-refractivity contribution is -0.141. The van der Waals surface area contributed by atoms with Crippen molar-refractivity contribution in [2.45, 2.75) is 51.4 Å². The maximum atomic E-state index is 11.0. The summed E-state index contributed by atoms with van der Waals surface area (Å²) in [6.07, 6.45) is 6.18. The molecule has 0 saturated heterocycles. The number of benzene rings is 1. The fourth-order valence-electron chi connectivity index (χ4n) is 2.33. The van der Waals surface area contributed by atoms with E-state index in [2.05, 4.69) is 9.47 Å². The van der Waals surface area contributed by atoms with Crippen molar-refractivity contribution in [3.63, 3.8) is 0 Å². The second-order valence-electron chi connectivity index (χ2n) is 5.95. The Morgan fingerprint density at radius 1 is 0.731 bits per heavy atom. The van der Waals surface area contributed by atoms with Crippen LogP contribution in [0.1, 0.15) is 51.4 Å². The number of hydrogen-bond acceptors (Lipinski definition) is 6. The van der Waals surface area contributed by atoms with Crippen molar-refractivity contribution in [3.05, 3.63) is 24.3 Å². The highest BCUT2D eigenvalue weighted by Crippen LogP contribution is 2.20. The van der Waals surface area contributed by atoms with Crippen LogP contribution in [0.15, 0.2) is 24.3 Å². The molecule has 0 saturated carbocycles. The smallest absolute Gasteiger partial charge is 0.305 e. The summed E-state index contributed by atoms with van der Waals surface area (Å²) in [4.78, 5) is 22.0. The number of hydrogen-bond donors (Lipinski definition) is 0. The van der Waals surface area contributed by atoms with Gasteiger partial charge in [-0.05, 0) is 50.7 Å². The molecule has 0 spiro atoms. The number of esters is 2. The maximum Gasteiger partial charge on any atom is 0.305 e. The average molecular weight is 366 g/mol. The standard InChI is InChI=1S/C20H30O6/c1-23-19(21)12-5-3-7-14-25-17-10-9-11-18(16-17)26-15-8-4-6-13-20(22)24-2/h9-11,16H,3-8,12-15H2,1-2H3. The zero-order chi connectivity index (χ0) is 19.0. The minimum atomic E-state index is -0.166. The highest BCUT2D eigenvalue weighted by molar-refractivity contribution is 5.69. The van der Waals surface area contributed by atoms with E-state index >= 15 is 0 Å². The average Bonchev–Trinajstić information content (AvgIpc) is 2.67. The van der Waals surface area contributed by atoms with E-state index in [-0.39, 0.29) is 11.9 Å². The SMILES string of the molecule is COC(=O)CCCCCOc1cccc(OCCCCCC(=O)OC)c1. The second-order valence-corrected chi connectivity index (χ2v) is 5.95. The molecule has 0 unspecified atom stereocenters. The van der Waals surface area contributed by atoms with Crippen molar-refractivity contribution in [2.24, 2.45) is 0 Å². The van der Waals surface area contributed by atoms with Gasteiger partial charge in [0.1, 0.15) is 11.5 Å². The highest BCUT2D eigenvalue weighted by Gasteiger charge is 2.02. The summed E-state index contributed by atoms with van der Waals surface area (Å²) in [6.45, 7) is 1.22. The molecule has 0 amide bonds. The minimum absolute atomic E-state index is 0.166. The zero-order valence-electron chi connectivity index (χ0n) is 15.8. The van der Waals surface area contributed by atoms with Gasteiger partial charge in [0.15, 0.2) is 0 Å². The first-order valence-corrected chi connectivity index (χ1v) is 9.15. The molecule has 6 heteroatoms. The molecule has 1 rings (SSSR count). The Morgan fingerprint density at radius 2 is 1.19 bits per heavy atom. The Balaban J connectivity index is 2.12. The fourth-order valence-corrected chi connectivity index (χ4v) is 2.33. The number of carbonyl (C=O) groups excluding carboxylic acids is 2. The van der Waals surface area contributed by atoms with E-state index in [0.29, 0.717) is 26.1 Å². The molecule has 0 aliphatic rings. The Morgan fingerprint density at radius 3 is 1.62 bits per heavy atom. The Bertz CT molecular complexity index is 486. The topological polar surface area (TPSA) is 71.1 Å². The van der Waals surface area contributed by atoms with Gasteiger partial charge in [0, 0.05) is 18.9 Å². The number of ether oxygens (including phenoxy) is 4. The van der Waals surface area contributed by atoms with Crippen LogP contribution in [0.5, 0.6) is 11.5 Å². The molecule has 1 aromatic rings. The molecule has 1 aromatic carbocycles. The first-order chi connectivity index (χ1) is 12.7. The Labute approximate surface area is 155 Å². The molecular formula is C20H30O6. The summed E-state index contributed by atoms with van der Waals surface area (Å²) in [5.41, 5.74) is 0. The van der Waals surface area contributed by atoms with Crippen molar-refractivity contribution in [2.75, 3.05) is 27.4 Å². The van der Waals surface area contributed by atoms with Crippen LogP contribution >= 0.6 is 0 Å². The first-order valence-electron chi connectivity index (χ1n) is 9.15. The van der Waals surface area contributed by atoms with E-state index in [1.807, 2.05) is 24.3 Å². The molecule has 0 heterocycles. The monoisotopic (exact) mass is 366 g/mol. The summed E-state index contributed by atoms with van der Waals surface area (Å²) in [6, 6.07) is 7.58. The number of unbranched alkanes of at least 4 members (excludes halogenated alkanes) is 4. The van der Waals surface area contributed by atoms with E-state index in [4.69, 9.17) is 9.47 Å². The molecule has 6 nitrogen and oxygen atoms in total. The van der Waals surface area contributed by atoms with Crippen molar-refractivity contribution in [3.8, 4) is 11.5 Å². The van der Waals surface area contributed by atoms with Crippen LogP contribution in [0.2, 0.25) is 0 Å². The minimum Gasteiger partial charge on any atom is -0.493 e. The first kappa shape index (κ1) is 21.8. The van der Waals surface area contributed by atoms with Gasteiger partial charge in [0.2, 0.25) is 0 Å². The van der Waals surface area contributed by atoms with Gasteiger partial charge >= 0.3 is 11.9 Å². The van der Waals surface area contributed by atoms with Gasteiger partial charge in [-0.2, -0.15) is 0 Å². The Hall–Kier alpha value is -2.24. The predicted molar refractivity (Wildman–Crippen MR) is 98.4 cm³/mol. The summed E-state index contributed by atoms with van der Waals surface area (Å²) < 4.78 is 20.6. The van der Waals surface area contributed by atoms with Crippen LogP contribution in [0.4, 0.5) is 0 Å². The van der Waals surface area contributed by atoms with Gasteiger partial charge in [-0.15, -0.1) is 0 Å². The van der Waals surface area contributed by atoms with Crippen LogP contribution in [-0.2, 0) is 19.1 Å². The molecule has 0 aromatic heterocycles. The van der Waals surface area contributed by atoms with E-state index in [0.717, 1.165) is 50.0 Å². The summed E-state index contributed by atoms with van der Waals surface area (Å²) in [5, 5.41) is 0. The highest BCUT2D eigenvalue weighted by atomic mass is 16.5. The van der Waals surface area contributed by atoms with Crippen molar-refractivity contribution in [1.82, 2.24) is 0 Å². The molecule has 0 radical (unpaired) electrons. The van der Waals surface area contributed by atoms with Crippen LogP contribution < -0.4 is 9.47 Å². The van der Waals surface area contributed by atoms with E-state index in [9.17, 15) is 9.59 Å². The van der Waals surface area contributed by atoms with Crippen LogP contribution in [0.3, 0.4) is 0 Å². The summed E-state index contributed by atoms with van der Waals surface area (Å²) in [5.74, 6) is 1.23. The molecule has 0 aliphatic carbocycles. The largest absolute Gasteiger partial charge is 0.493 e. The Kier molecular flexibility index (Phi) is 11.7. The van der Waals surface area contributed by atoms with Gasteiger partial charge in [-0.1, -0.05) is 6.07 Å². The van der Waals surface area contributed by atoms with E-state index in [1.54, 1.807) is 0 Å². The molecule has 0 N–H and O–H groups in total. The quantitative estimate of drug-likeness (QED) is 0.367. The molecule has 0 fully saturated rings. The number of rotatable bonds is 14. The van der Waals surface area contributed by atoms with Gasteiger partial charge in [0.25, 0.3) is 0 Å². The van der Waals surface area contributed by atoms with Crippen molar-refractivity contribution < 1.29 is 28.5 Å². The third-order valence-electron chi connectivity index (χ3n) is 3.85. The van der Waals surface area contributed by atoms with Crippen LogP contribution in [0.25, 0.3) is 0 Å². The third-order valence-corrected chi connectivity index (χ3v) is 3.85. The second kappa shape index (κ2) is 14.0. The number of carbonyl (C=O) groups is 2. The van der Waals surface area contributed by atoms with Gasteiger partial charge in [0.05, 0.1) is 27.4 Å². The molecule has 0 bridgehead atoms. The molecule has 0 atom stereocenters. The van der Waals surface area contributed by atoms with Gasteiger partial charge in [-0.3, -0.25) is 9.59 Å². The van der Waals surface area contributed by atoms with Gasteiger partial charge < -0.3 is 18.9 Å². The lowest BCUT2D eigenvalue weighted by Gasteiger charge is -2.09. The van der Waals surface area contributed by atoms with Gasteiger partial charge in [-0.25, -0.2) is 0 Å². The normalized spacial score (nSPS) is 10.2. The molecular weight excluding hydrogens is 336 g/mol. The van der Waals surface area contributed by atoms with E-state index < -0.39 is 0 Å². The van der Waals surface area contributed by atoms with Crippen LogP contribution in [-0.4, -0.2) is 39.4 Å². The maximum absolute atomic E-state index is 11.0. The lowest BCUT2D eigenvalue weighted by atomic mass is 10.2. The van der Waals surface area contributed by atoms with Crippen molar-refractivity contribution >= 4 is 11.9 Å². The summed E-state index contributed by atoms with van der Waals surface area (Å²) in [7, 11) is 2.81. The molecule has 0 aliphatic heterocycles. The van der Waals surface area contributed by atoms with E-state index in [1.165, 1.54) is 14.2 Å². The lowest BCUT2D eigenvalue weighted by Crippen LogP contribution is -2.02. The summed E-state index contributed by atoms with van der Waals surface area (Å²) >= 11 is 0. The van der Waals surface area contributed by atoms with Crippen molar-refractivity contribution in [1.29, 1.82) is 0 Å². The zero-order valence-corrected chi connectivity index (χ0v) is 15.8. The van der Waals surface area contributed by atoms with Crippen LogP contribution in [0, 0.1) is 0 Å².